The van der Waals surface area contributed by atoms with Crippen LogP contribution in [0, 0.1) is 0 Å². The predicted octanol–water partition coefficient (Wildman–Crippen LogP) is 2.33. The van der Waals surface area contributed by atoms with E-state index >= 15 is 0 Å². The molecule has 3 heteroatoms. The minimum Gasteiger partial charge on any atom is -0.416 e. The van der Waals surface area contributed by atoms with Gasteiger partial charge in [0, 0.05) is 24.2 Å². The first kappa shape index (κ1) is 10.8. The highest BCUT2D eigenvalue weighted by atomic mass is 32.3. The molecule has 0 heterocycles. The molecule has 0 aromatic heterocycles. The molecule has 2 nitrogen and oxygen atoms in total. The standard InChI is InChI=1S/C8H18O2S/c1-5-11(6-2,7-3)10-8(4)9/h5-7H2,1-4H3. The van der Waals surface area contributed by atoms with E-state index in [0.29, 0.717) is 0 Å². The van der Waals surface area contributed by atoms with Gasteiger partial charge in [-0.15, -0.1) is 0 Å². The Kier molecular flexibility index (Phi) is 4.57. The van der Waals surface area contributed by atoms with Crippen LogP contribution in [0.2, 0.25) is 0 Å². The zero-order chi connectivity index (χ0) is 8.91. The van der Waals surface area contributed by atoms with Crippen molar-refractivity contribution in [1.82, 2.24) is 0 Å². The minimum atomic E-state index is -1.06. The fourth-order valence-electron chi connectivity index (χ4n) is 1.04. The van der Waals surface area contributed by atoms with E-state index in [-0.39, 0.29) is 5.97 Å². The lowest BCUT2D eigenvalue weighted by Crippen LogP contribution is -2.15. The van der Waals surface area contributed by atoms with Crippen molar-refractivity contribution < 1.29 is 8.98 Å². The molecule has 68 valence electrons. The summed E-state index contributed by atoms with van der Waals surface area (Å²) in [6.07, 6.45) is 0. The Morgan fingerprint density at radius 3 is 1.64 bits per heavy atom. The number of hydrogen-bond acceptors (Lipinski definition) is 2. The highest BCUT2D eigenvalue weighted by molar-refractivity contribution is 8.30. The summed E-state index contributed by atoms with van der Waals surface area (Å²) in [5.74, 6) is 2.82. The van der Waals surface area contributed by atoms with Crippen molar-refractivity contribution in [2.75, 3.05) is 17.3 Å². The topological polar surface area (TPSA) is 26.3 Å². The van der Waals surface area contributed by atoms with Crippen LogP contribution in [0.3, 0.4) is 0 Å². The first-order valence-electron chi connectivity index (χ1n) is 4.06. The zero-order valence-corrected chi connectivity index (χ0v) is 8.66. The van der Waals surface area contributed by atoms with E-state index < -0.39 is 10.3 Å². The Morgan fingerprint density at radius 2 is 1.55 bits per heavy atom. The van der Waals surface area contributed by atoms with Gasteiger partial charge in [-0.1, -0.05) is 31.1 Å². The summed E-state index contributed by atoms with van der Waals surface area (Å²) in [4.78, 5) is 10.7. The number of hydrogen-bond donors (Lipinski definition) is 0. The Morgan fingerprint density at radius 1 is 1.18 bits per heavy atom. The average molecular weight is 178 g/mol. The van der Waals surface area contributed by atoms with Crippen LogP contribution in [0.25, 0.3) is 0 Å². The molecule has 0 spiro atoms. The summed E-state index contributed by atoms with van der Waals surface area (Å²) >= 11 is 0. The van der Waals surface area contributed by atoms with Crippen molar-refractivity contribution in [2.24, 2.45) is 0 Å². The third-order valence-electron chi connectivity index (χ3n) is 1.87. The van der Waals surface area contributed by atoms with E-state index in [1.807, 2.05) is 0 Å². The fraction of sp³-hybridized carbons (Fsp3) is 0.875. The fourth-order valence-corrected chi connectivity index (χ4v) is 3.11. The van der Waals surface area contributed by atoms with Gasteiger partial charge in [0.25, 0.3) is 0 Å². The highest BCUT2D eigenvalue weighted by Gasteiger charge is 2.20. The van der Waals surface area contributed by atoms with Gasteiger partial charge in [0.2, 0.25) is 0 Å². The van der Waals surface area contributed by atoms with Crippen molar-refractivity contribution in [3.8, 4) is 0 Å². The molecule has 11 heavy (non-hydrogen) atoms. The molecule has 0 aliphatic rings. The molecule has 0 fully saturated rings. The van der Waals surface area contributed by atoms with Gasteiger partial charge in [-0.2, -0.15) is 0 Å². The van der Waals surface area contributed by atoms with Crippen molar-refractivity contribution in [3.63, 3.8) is 0 Å². The quantitative estimate of drug-likeness (QED) is 0.660. The Bertz CT molecular complexity index is 122. The Labute approximate surface area is 70.8 Å². The molecule has 0 aromatic carbocycles. The third-order valence-corrected chi connectivity index (χ3v) is 5.62. The molecule has 0 atom stereocenters. The molecule has 0 bridgehead atoms. The van der Waals surface area contributed by atoms with Crippen LogP contribution in [0.4, 0.5) is 0 Å². The van der Waals surface area contributed by atoms with E-state index in [9.17, 15) is 4.79 Å². The van der Waals surface area contributed by atoms with Gasteiger partial charge < -0.3 is 4.18 Å². The lowest BCUT2D eigenvalue weighted by atomic mass is 10.9. The van der Waals surface area contributed by atoms with Crippen LogP contribution < -0.4 is 0 Å². The van der Waals surface area contributed by atoms with Crippen LogP contribution in [-0.2, 0) is 8.98 Å². The second-order valence-electron chi connectivity index (χ2n) is 2.41. The second-order valence-corrected chi connectivity index (χ2v) is 6.24. The van der Waals surface area contributed by atoms with Gasteiger partial charge in [-0.3, -0.25) is 4.79 Å². The van der Waals surface area contributed by atoms with Crippen molar-refractivity contribution in [1.29, 1.82) is 0 Å². The highest BCUT2D eigenvalue weighted by Crippen LogP contribution is 2.47. The normalized spacial score (nSPS) is 12.7. The van der Waals surface area contributed by atoms with Gasteiger partial charge in [0.05, 0.1) is 0 Å². The Hall–Kier alpha value is -0.180. The van der Waals surface area contributed by atoms with Gasteiger partial charge in [-0.25, -0.2) is 0 Å². The summed E-state index contributed by atoms with van der Waals surface area (Å²) in [6.45, 7) is 7.75. The van der Waals surface area contributed by atoms with Crippen LogP contribution in [0.15, 0.2) is 0 Å². The van der Waals surface area contributed by atoms with E-state index in [1.165, 1.54) is 6.92 Å². The summed E-state index contributed by atoms with van der Waals surface area (Å²) < 4.78 is 5.33. The lowest BCUT2D eigenvalue weighted by Gasteiger charge is -2.35. The molecule has 0 saturated heterocycles. The van der Waals surface area contributed by atoms with Gasteiger partial charge in [-0.05, 0) is 0 Å². The molecule has 0 radical (unpaired) electrons. The predicted molar refractivity (Wildman–Crippen MR) is 51.0 cm³/mol. The monoisotopic (exact) mass is 178 g/mol. The second kappa shape index (κ2) is 4.65. The number of carbonyl (C=O) groups excluding carboxylic acids is 1. The Balaban J connectivity index is 4.16. The zero-order valence-electron chi connectivity index (χ0n) is 7.85. The maximum atomic E-state index is 10.7. The van der Waals surface area contributed by atoms with Crippen LogP contribution in [0.1, 0.15) is 27.7 Å². The summed E-state index contributed by atoms with van der Waals surface area (Å²) in [6, 6.07) is 0. The molecule has 0 rings (SSSR count). The van der Waals surface area contributed by atoms with Gasteiger partial charge in [0.15, 0.2) is 0 Å². The number of carbonyl (C=O) groups is 1. The molecule has 0 saturated carbocycles. The lowest BCUT2D eigenvalue weighted by molar-refractivity contribution is -0.131. The smallest absolute Gasteiger partial charge is 0.313 e. The molecular weight excluding hydrogens is 160 g/mol. The minimum absolute atomic E-state index is 0.134. The molecule has 0 aliphatic heterocycles. The summed E-state index contributed by atoms with van der Waals surface area (Å²) in [5.41, 5.74) is 0. The van der Waals surface area contributed by atoms with E-state index in [1.54, 1.807) is 0 Å². The molecule has 0 amide bonds. The van der Waals surface area contributed by atoms with Gasteiger partial charge in [0.1, 0.15) is 0 Å². The van der Waals surface area contributed by atoms with E-state index in [4.69, 9.17) is 4.18 Å². The third kappa shape index (κ3) is 3.14. The largest absolute Gasteiger partial charge is 0.416 e. The first-order chi connectivity index (χ1) is 5.10. The molecule has 0 aliphatic carbocycles. The maximum absolute atomic E-state index is 10.7. The first-order valence-corrected chi connectivity index (χ1v) is 6.13. The summed E-state index contributed by atoms with van der Waals surface area (Å²) in [7, 11) is -1.06. The average Bonchev–Trinajstić information content (AvgIpc) is 2.00. The molecule has 0 aromatic rings. The molecular formula is C8H18O2S. The van der Waals surface area contributed by atoms with E-state index in [0.717, 1.165) is 17.3 Å². The van der Waals surface area contributed by atoms with Crippen molar-refractivity contribution >= 4 is 16.3 Å². The van der Waals surface area contributed by atoms with Crippen molar-refractivity contribution in [2.45, 2.75) is 27.7 Å². The number of rotatable bonds is 4. The summed E-state index contributed by atoms with van der Waals surface area (Å²) in [5, 5.41) is 0. The van der Waals surface area contributed by atoms with E-state index in [2.05, 4.69) is 20.8 Å². The van der Waals surface area contributed by atoms with Crippen LogP contribution in [0.5, 0.6) is 0 Å². The SMILES string of the molecule is CCS(CC)(CC)OC(C)=O. The van der Waals surface area contributed by atoms with Gasteiger partial charge >= 0.3 is 5.97 Å². The maximum Gasteiger partial charge on any atom is 0.313 e. The van der Waals surface area contributed by atoms with Crippen molar-refractivity contribution in [3.05, 3.63) is 0 Å². The van der Waals surface area contributed by atoms with Crippen LogP contribution >= 0.6 is 10.3 Å². The molecule has 0 unspecified atom stereocenters. The van der Waals surface area contributed by atoms with Crippen LogP contribution in [-0.4, -0.2) is 23.2 Å². The molecule has 0 N–H and O–H groups in total.